The van der Waals surface area contributed by atoms with E-state index in [-0.39, 0.29) is 12.5 Å². The summed E-state index contributed by atoms with van der Waals surface area (Å²) in [5.41, 5.74) is 1.99. The average Bonchev–Trinajstić information content (AvgIpc) is 3.05. The molecule has 0 atom stereocenters. The fourth-order valence-electron chi connectivity index (χ4n) is 2.06. The van der Waals surface area contributed by atoms with E-state index in [1.54, 1.807) is 17.5 Å². The van der Waals surface area contributed by atoms with Gasteiger partial charge in [-0.3, -0.25) is 10.1 Å². The molecule has 0 unspecified atom stereocenters. The van der Waals surface area contributed by atoms with Crippen LogP contribution in [0, 0.1) is 18.6 Å². The Morgan fingerprint density at radius 3 is 2.64 bits per heavy atom. The van der Waals surface area contributed by atoms with Crippen LogP contribution in [0.2, 0.25) is 0 Å². The number of benzene rings is 2. The summed E-state index contributed by atoms with van der Waals surface area (Å²) in [4.78, 5) is 16.1. The number of nitrogens with one attached hydrogen (secondary N) is 1. The maximum Gasteiger partial charge on any atom is 0.264 e. The summed E-state index contributed by atoms with van der Waals surface area (Å²) < 4.78 is 31.6. The summed E-state index contributed by atoms with van der Waals surface area (Å²) in [5.74, 6) is -1.61. The number of aromatic nitrogens is 1. The Hall–Kier alpha value is -2.80. The van der Waals surface area contributed by atoms with E-state index in [0.29, 0.717) is 22.1 Å². The average molecular weight is 360 g/mol. The van der Waals surface area contributed by atoms with Gasteiger partial charge in [0.05, 0.1) is 5.69 Å². The lowest BCUT2D eigenvalue weighted by atomic mass is 10.2. The number of hydrogen-bond acceptors (Lipinski definition) is 4. The molecule has 1 aromatic heterocycles. The predicted molar refractivity (Wildman–Crippen MR) is 92.8 cm³/mol. The molecule has 128 valence electrons. The van der Waals surface area contributed by atoms with Gasteiger partial charge in [-0.25, -0.2) is 13.8 Å². The van der Waals surface area contributed by atoms with E-state index in [9.17, 15) is 13.6 Å². The summed E-state index contributed by atoms with van der Waals surface area (Å²) in [7, 11) is 0. The van der Waals surface area contributed by atoms with Crippen LogP contribution in [0.1, 0.15) is 5.56 Å². The van der Waals surface area contributed by atoms with E-state index >= 15 is 0 Å². The third kappa shape index (κ3) is 4.39. The van der Waals surface area contributed by atoms with Crippen molar-refractivity contribution in [1.29, 1.82) is 0 Å². The molecule has 0 aliphatic rings. The van der Waals surface area contributed by atoms with Crippen LogP contribution in [0.3, 0.4) is 0 Å². The molecule has 0 bridgehead atoms. The van der Waals surface area contributed by atoms with Crippen molar-refractivity contribution >= 4 is 22.4 Å². The Labute approximate surface area is 147 Å². The van der Waals surface area contributed by atoms with Gasteiger partial charge >= 0.3 is 0 Å². The third-order valence-electron chi connectivity index (χ3n) is 3.36. The van der Waals surface area contributed by atoms with Crippen molar-refractivity contribution < 1.29 is 18.3 Å². The van der Waals surface area contributed by atoms with Gasteiger partial charge in [-0.15, -0.1) is 11.3 Å². The van der Waals surface area contributed by atoms with E-state index in [4.69, 9.17) is 4.74 Å². The first-order chi connectivity index (χ1) is 12.0. The van der Waals surface area contributed by atoms with Crippen molar-refractivity contribution in [2.45, 2.75) is 6.92 Å². The molecule has 3 aromatic rings. The van der Waals surface area contributed by atoms with Gasteiger partial charge in [-0.05, 0) is 37.3 Å². The van der Waals surface area contributed by atoms with Crippen molar-refractivity contribution in [2.75, 3.05) is 11.9 Å². The highest BCUT2D eigenvalue weighted by atomic mass is 32.1. The summed E-state index contributed by atoms with van der Waals surface area (Å²) >= 11 is 1.19. The molecule has 0 radical (unpaired) electrons. The van der Waals surface area contributed by atoms with Gasteiger partial charge in [0.25, 0.3) is 5.91 Å². The molecule has 3 rings (SSSR count). The van der Waals surface area contributed by atoms with Crippen LogP contribution in [0.25, 0.3) is 11.3 Å². The normalized spacial score (nSPS) is 10.5. The van der Waals surface area contributed by atoms with Gasteiger partial charge in [0.2, 0.25) is 0 Å². The predicted octanol–water partition coefficient (Wildman–Crippen LogP) is 4.41. The SMILES string of the molecule is Cc1ccc(OCC(=O)Nc2nc(-c3ccc(F)c(F)c3)cs2)cc1. The Morgan fingerprint density at radius 2 is 1.92 bits per heavy atom. The van der Waals surface area contributed by atoms with Gasteiger partial charge < -0.3 is 4.74 Å². The molecule has 1 N–H and O–H groups in total. The number of ether oxygens (including phenoxy) is 1. The lowest BCUT2D eigenvalue weighted by Crippen LogP contribution is -2.20. The molecule has 0 saturated carbocycles. The van der Waals surface area contributed by atoms with Crippen LogP contribution >= 0.6 is 11.3 Å². The number of thiazole rings is 1. The van der Waals surface area contributed by atoms with Gasteiger partial charge in [0, 0.05) is 10.9 Å². The number of carbonyl (C=O) groups excluding carboxylic acids is 1. The van der Waals surface area contributed by atoms with E-state index in [1.807, 2.05) is 19.1 Å². The second-order valence-corrected chi connectivity index (χ2v) is 6.17. The van der Waals surface area contributed by atoms with E-state index in [1.165, 1.54) is 17.4 Å². The topological polar surface area (TPSA) is 51.2 Å². The number of anilines is 1. The van der Waals surface area contributed by atoms with Crippen LogP contribution < -0.4 is 10.1 Å². The van der Waals surface area contributed by atoms with Gasteiger partial charge in [-0.2, -0.15) is 0 Å². The lowest BCUT2D eigenvalue weighted by Gasteiger charge is -2.06. The summed E-state index contributed by atoms with van der Waals surface area (Å²) in [6.45, 7) is 1.81. The van der Waals surface area contributed by atoms with E-state index in [2.05, 4.69) is 10.3 Å². The molecular weight excluding hydrogens is 346 g/mol. The first-order valence-corrected chi connectivity index (χ1v) is 8.29. The second-order valence-electron chi connectivity index (χ2n) is 5.32. The Bertz CT molecular complexity index is 894. The monoisotopic (exact) mass is 360 g/mol. The largest absolute Gasteiger partial charge is 0.484 e. The maximum atomic E-state index is 13.3. The minimum Gasteiger partial charge on any atom is -0.484 e. The first-order valence-electron chi connectivity index (χ1n) is 7.41. The van der Waals surface area contributed by atoms with Crippen LogP contribution in [0.5, 0.6) is 5.75 Å². The third-order valence-corrected chi connectivity index (χ3v) is 4.11. The molecule has 0 aliphatic carbocycles. The van der Waals surface area contributed by atoms with Crippen molar-refractivity contribution in [3.05, 3.63) is 65.0 Å². The van der Waals surface area contributed by atoms with Gasteiger partial charge in [-0.1, -0.05) is 17.7 Å². The van der Waals surface area contributed by atoms with Crippen molar-refractivity contribution in [3.63, 3.8) is 0 Å². The van der Waals surface area contributed by atoms with Crippen molar-refractivity contribution in [2.24, 2.45) is 0 Å². The molecular formula is C18H14F2N2O2S. The zero-order chi connectivity index (χ0) is 17.8. The fraction of sp³-hybridized carbons (Fsp3) is 0.111. The minimum atomic E-state index is -0.942. The molecule has 1 heterocycles. The van der Waals surface area contributed by atoms with Crippen LogP contribution in [-0.4, -0.2) is 17.5 Å². The quantitative estimate of drug-likeness (QED) is 0.733. The second kappa shape index (κ2) is 7.40. The minimum absolute atomic E-state index is 0.150. The molecule has 1 amide bonds. The van der Waals surface area contributed by atoms with Crippen molar-refractivity contribution in [1.82, 2.24) is 4.98 Å². The molecule has 0 fully saturated rings. The molecule has 0 spiro atoms. The Kier molecular flexibility index (Phi) is 5.04. The zero-order valence-corrected chi connectivity index (χ0v) is 14.1. The smallest absolute Gasteiger partial charge is 0.264 e. The highest BCUT2D eigenvalue weighted by molar-refractivity contribution is 7.14. The number of halogens is 2. The number of amides is 1. The van der Waals surface area contributed by atoms with Crippen molar-refractivity contribution in [3.8, 4) is 17.0 Å². The lowest BCUT2D eigenvalue weighted by molar-refractivity contribution is -0.118. The number of hydrogen-bond donors (Lipinski definition) is 1. The highest BCUT2D eigenvalue weighted by Gasteiger charge is 2.10. The standard InChI is InChI=1S/C18H14F2N2O2S/c1-11-2-5-13(6-3-11)24-9-17(23)22-18-21-16(10-25-18)12-4-7-14(19)15(20)8-12/h2-8,10H,9H2,1H3,(H,21,22,23). The molecule has 7 heteroatoms. The molecule has 2 aromatic carbocycles. The zero-order valence-electron chi connectivity index (χ0n) is 13.3. The number of aryl methyl sites for hydroxylation is 1. The summed E-state index contributed by atoms with van der Waals surface area (Å²) in [6.07, 6.45) is 0. The number of nitrogens with zero attached hydrogens (tertiary/aromatic N) is 1. The fourth-order valence-corrected chi connectivity index (χ4v) is 2.79. The Balaban J connectivity index is 1.59. The first kappa shape index (κ1) is 17.0. The molecule has 25 heavy (non-hydrogen) atoms. The van der Waals surface area contributed by atoms with Crippen LogP contribution in [0.15, 0.2) is 47.8 Å². The number of rotatable bonds is 5. The van der Waals surface area contributed by atoms with E-state index < -0.39 is 11.6 Å². The highest BCUT2D eigenvalue weighted by Crippen LogP contribution is 2.26. The number of carbonyl (C=O) groups is 1. The van der Waals surface area contributed by atoms with E-state index in [0.717, 1.165) is 17.7 Å². The Morgan fingerprint density at radius 1 is 1.16 bits per heavy atom. The summed E-state index contributed by atoms with van der Waals surface area (Å²) in [6, 6.07) is 10.9. The molecule has 0 saturated heterocycles. The maximum absolute atomic E-state index is 13.3. The van der Waals surface area contributed by atoms with Gasteiger partial charge in [0.1, 0.15) is 5.75 Å². The van der Waals surface area contributed by atoms with Gasteiger partial charge in [0.15, 0.2) is 23.4 Å². The molecule has 4 nitrogen and oxygen atoms in total. The summed E-state index contributed by atoms with van der Waals surface area (Å²) in [5, 5.41) is 4.63. The molecule has 0 aliphatic heterocycles. The van der Waals surface area contributed by atoms with Crippen LogP contribution in [-0.2, 0) is 4.79 Å². The van der Waals surface area contributed by atoms with Crippen LogP contribution in [0.4, 0.5) is 13.9 Å².